The summed E-state index contributed by atoms with van der Waals surface area (Å²) in [5.41, 5.74) is 14.5. The van der Waals surface area contributed by atoms with Gasteiger partial charge in [-0.2, -0.15) is 62.9 Å². The van der Waals surface area contributed by atoms with Crippen molar-refractivity contribution in [3.05, 3.63) is 209 Å². The standard InChI is InChI=1S/C22H19ClF3N7.C13H9Cl2F3N4.C13H10ClF3N4O.C12H13ClN2O3.C9H11N3.C2H3F3N2.Cl3OP/c1-2-33-18-6-5-14(10-13(18)11-28-33)29-19-15-12-32(20-16(23)4-3-8-27-20)9-7-17(15)30-21(31-19)22(24,25)26;14-8-2-1-4-19-11(8)22-5-3-9-7(6-22)10(15)21-12(20-9)13(16,17)18;14-8-2-1-4-18-10(8)21-5-3-9-7(6-21)11(22)20-12(19-9)13(15,16)17;1-18-12(17)8-7-15(6-4-10(8)16)11-9(13)3-2-5-14-11;1-2-12-9-4-3-8(10)5-7(9)6-11-12;3-2(4,5)1(6)7;1-5(2,3)4/h3-6,8,10-11H,2,7,9,12H2,1H3,(H,29,30,31);1-2,4H,3,5-6H2;1-2,4H,3,5-6H2,(H,19,20,22);2-3,5,8H,4,6-7H2,1H3;3-6H,2,10H2,1H3;(H3,6,7);. The van der Waals surface area contributed by atoms with Gasteiger partial charge in [-0.25, -0.2) is 44.9 Å². The minimum atomic E-state index is -4.67. The first kappa shape index (κ1) is 93.0. The Morgan fingerprint density at radius 2 is 0.975 bits per heavy atom. The van der Waals surface area contributed by atoms with Gasteiger partial charge in [0.2, 0.25) is 17.5 Å². The summed E-state index contributed by atoms with van der Waals surface area (Å²) in [4.78, 5) is 79.3. The van der Waals surface area contributed by atoms with Crippen LogP contribution in [0.5, 0.6) is 0 Å². The van der Waals surface area contributed by atoms with Crippen molar-refractivity contribution in [3.63, 3.8) is 0 Å². The highest BCUT2D eigenvalue weighted by molar-refractivity contribution is 8.24. The fraction of sp³-hybridized carbons (Fsp3) is 0.310. The van der Waals surface area contributed by atoms with Gasteiger partial charge in [-0.1, -0.05) is 58.0 Å². The van der Waals surface area contributed by atoms with E-state index in [1.807, 2.05) is 67.5 Å². The van der Waals surface area contributed by atoms with Crippen molar-refractivity contribution in [3.8, 4) is 0 Å². The van der Waals surface area contributed by atoms with E-state index in [2.05, 4.69) is 111 Å². The van der Waals surface area contributed by atoms with Crippen LogP contribution in [-0.4, -0.2) is 133 Å². The fourth-order valence-corrected chi connectivity index (χ4v) is 13.2. The number of rotatable bonds is 9. The quantitative estimate of drug-likeness (QED) is 0.0131. The lowest BCUT2D eigenvalue weighted by Crippen LogP contribution is -2.45. The van der Waals surface area contributed by atoms with Crippen LogP contribution in [-0.2, 0) is 89.4 Å². The molecule has 9 aromatic heterocycles. The molecule has 48 heteroatoms. The Morgan fingerprint density at radius 3 is 1.40 bits per heavy atom. The highest BCUT2D eigenvalue weighted by Gasteiger charge is 2.41. The van der Waals surface area contributed by atoms with E-state index in [4.69, 9.17) is 69.1 Å². The van der Waals surface area contributed by atoms with E-state index in [1.165, 1.54) is 7.11 Å². The number of piperidine rings is 1. The van der Waals surface area contributed by atoms with E-state index >= 15 is 0 Å². The molecule has 1 unspecified atom stereocenters. The number of nitrogens with zero attached hydrogens (tertiary/aromatic N) is 17. The van der Waals surface area contributed by atoms with Crippen LogP contribution in [0.1, 0.15) is 71.5 Å². The predicted molar refractivity (Wildman–Crippen MR) is 429 cm³/mol. The molecule has 1 atom stereocenters. The molecule has 1 saturated heterocycles. The molecule has 0 amide bonds. The molecule has 11 aromatic rings. The first-order chi connectivity index (χ1) is 55.9. The molecule has 7 N–H and O–H groups in total. The minimum Gasteiger partial charge on any atom is -0.468 e. The number of Topliss-reactive ketones (excluding diaryl/α,β-unsaturated/α-hetero) is 1. The summed E-state index contributed by atoms with van der Waals surface area (Å²) in [6.45, 7) is 8.41. The summed E-state index contributed by atoms with van der Waals surface area (Å²) < 4.78 is 167. The zero-order valence-electron chi connectivity index (χ0n) is 61.8. The maximum atomic E-state index is 13.5. The summed E-state index contributed by atoms with van der Waals surface area (Å²) in [7, 11) is 1.28. The summed E-state index contributed by atoms with van der Waals surface area (Å²) >= 11 is 44.3. The SMILES string of the molecule is CCn1ncc2cc(N)ccc21.CCn1ncc2cc(Nc3nc(C(F)(F)F)nc4c3CN(c3ncccc3Cl)CC4)ccc21.COC(=O)C1CN(c2ncccc2Cl)CCC1=O.FC(F)(F)c1nc(Cl)c2c(n1)CCN(c1ncccc1Cl)C2.N=C(N)C(F)(F)F.O=P(Cl)(Cl)Cl.O=c1[nH]c(C(F)(F)F)nc2c1CN(c1ncccc1Cl)CC2. The number of aromatic nitrogens is 14. The van der Waals surface area contributed by atoms with Crippen LogP contribution in [0.4, 0.5) is 93.1 Å². The predicted octanol–water partition coefficient (Wildman–Crippen LogP) is 17.6. The third kappa shape index (κ3) is 25.1. The Labute approximate surface area is 706 Å². The number of benzene rings is 2. The second kappa shape index (κ2) is 40.0. The molecule has 4 aliphatic heterocycles. The zero-order chi connectivity index (χ0) is 87.2. The molecule has 0 spiro atoms. The number of methoxy groups -OCH3 is 1. The number of ether oxygens (including phenoxy) is 1. The minimum absolute atomic E-state index is 0.0925. The largest absolute Gasteiger partial charge is 0.468 e. The number of fused-ring (bicyclic) bond motifs is 5. The van der Waals surface area contributed by atoms with E-state index in [1.54, 1.807) is 95.5 Å². The Kier molecular flexibility index (Phi) is 31.3. The number of alkyl halides is 12. The van der Waals surface area contributed by atoms with Gasteiger partial charge in [0.1, 0.15) is 40.2 Å². The average Bonchev–Trinajstić information content (AvgIpc) is 1.79. The number of hydrogen-bond donors (Lipinski definition) is 5. The van der Waals surface area contributed by atoms with E-state index in [0.717, 1.165) is 40.6 Å². The molecule has 13 heterocycles. The van der Waals surface area contributed by atoms with Gasteiger partial charge >= 0.3 is 35.9 Å². The molecule has 0 radical (unpaired) electrons. The summed E-state index contributed by atoms with van der Waals surface area (Å²) in [6, 6.07) is 25.0. The maximum absolute atomic E-state index is 13.5. The van der Waals surface area contributed by atoms with Crippen molar-refractivity contribution >= 4 is 177 Å². The first-order valence-electron chi connectivity index (χ1n) is 34.8. The Hall–Kier alpha value is -9.86. The highest BCUT2D eigenvalue weighted by atomic mass is 36.0. The van der Waals surface area contributed by atoms with Gasteiger partial charge in [-0.15, -0.1) is 0 Å². The Balaban J connectivity index is 0.000000168. The van der Waals surface area contributed by atoms with Crippen molar-refractivity contribution < 1.29 is 71.6 Å². The highest BCUT2D eigenvalue weighted by Crippen LogP contribution is 2.61. The number of nitrogens with one attached hydrogen (secondary N) is 3. The number of amidine groups is 1. The van der Waals surface area contributed by atoms with Crippen molar-refractivity contribution in [2.75, 3.05) is 70.5 Å². The number of carbonyl (C=O) groups is 2. The molecule has 2 aromatic carbocycles. The number of ketones is 1. The van der Waals surface area contributed by atoms with Gasteiger partial charge in [0.25, 0.3) is 5.56 Å². The number of nitrogens with two attached hydrogens (primary N) is 2. The van der Waals surface area contributed by atoms with Crippen molar-refractivity contribution in [1.82, 2.24) is 69.4 Å². The smallest absolute Gasteiger partial charge is 0.451 e. The second-order valence-electron chi connectivity index (χ2n) is 25.4. The lowest BCUT2D eigenvalue weighted by Gasteiger charge is -2.31. The number of carbonyl (C=O) groups excluding carboxylic acids is 2. The van der Waals surface area contributed by atoms with E-state index in [0.29, 0.717) is 117 Å². The number of halogens is 20. The topological polar surface area (TPSA) is 346 Å². The number of H-pyrrole nitrogens is 1. The second-order valence-corrected chi connectivity index (χ2v) is 34.0. The van der Waals surface area contributed by atoms with Crippen molar-refractivity contribution in [1.29, 1.82) is 5.41 Å². The van der Waals surface area contributed by atoms with Gasteiger partial charge in [0.05, 0.1) is 79.8 Å². The van der Waals surface area contributed by atoms with Crippen LogP contribution in [0.25, 0.3) is 21.8 Å². The van der Waals surface area contributed by atoms with Crippen LogP contribution >= 0.6 is 96.9 Å². The molecule has 4 aliphatic rings. The molecular weight excluding hydrogens is 1780 g/mol. The molecule has 634 valence electrons. The normalized spacial score (nSPS) is 14.6. The number of esters is 1. The number of aromatic amines is 1. The monoisotopic (exact) mass is 1840 g/mol. The molecule has 27 nitrogen and oxygen atoms in total. The molecule has 1 fully saturated rings. The van der Waals surface area contributed by atoms with Gasteiger partial charge in [-0.05, 0) is 132 Å². The van der Waals surface area contributed by atoms with E-state index < -0.39 is 70.7 Å². The number of pyridine rings is 4. The first-order valence-corrected chi connectivity index (χ1v) is 41.1. The number of aryl methyl sites for hydroxylation is 2. The summed E-state index contributed by atoms with van der Waals surface area (Å²) in [6.07, 6.45) is -7.45. The summed E-state index contributed by atoms with van der Waals surface area (Å²) in [5.74, 6) is -4.39. The van der Waals surface area contributed by atoms with Gasteiger partial charge in [-0.3, -0.25) is 33.7 Å². The van der Waals surface area contributed by atoms with E-state index in [-0.39, 0.29) is 60.6 Å². The molecule has 15 rings (SSSR count). The maximum Gasteiger partial charge on any atom is 0.451 e. The van der Waals surface area contributed by atoms with E-state index in [9.17, 15) is 71.6 Å². The summed E-state index contributed by atoms with van der Waals surface area (Å²) in [5, 5.41) is 17.9. The van der Waals surface area contributed by atoms with Crippen LogP contribution in [0.15, 0.2) is 127 Å². The molecular formula is C71H65Cl8F12N22O5P. The van der Waals surface area contributed by atoms with Crippen LogP contribution in [0.3, 0.4) is 0 Å². The van der Waals surface area contributed by atoms with Crippen LogP contribution in [0.2, 0.25) is 25.2 Å². The molecule has 0 saturated carbocycles. The Bertz CT molecular complexity index is 5560. The molecule has 0 bridgehead atoms. The van der Waals surface area contributed by atoms with Crippen molar-refractivity contribution in [2.24, 2.45) is 11.7 Å². The van der Waals surface area contributed by atoms with Gasteiger partial charge < -0.3 is 46.1 Å². The zero-order valence-corrected chi connectivity index (χ0v) is 68.8. The van der Waals surface area contributed by atoms with Crippen molar-refractivity contribution in [2.45, 2.75) is 97.0 Å². The third-order valence-electron chi connectivity index (χ3n) is 17.4. The van der Waals surface area contributed by atoms with Crippen LogP contribution < -0.4 is 41.9 Å². The lowest BCUT2D eigenvalue weighted by molar-refractivity contribution is -0.150. The number of anilines is 7. The lowest BCUT2D eigenvalue weighted by atomic mass is 9.96. The molecule has 119 heavy (non-hydrogen) atoms. The number of hydrogen-bond acceptors (Lipinski definition) is 23. The number of nitrogen functional groups attached to an aromatic ring is 1. The van der Waals surface area contributed by atoms with Crippen LogP contribution in [0, 0.1) is 11.3 Å². The Morgan fingerprint density at radius 1 is 0.571 bits per heavy atom. The average molecular weight is 1850 g/mol. The van der Waals surface area contributed by atoms with Gasteiger partial charge in [0, 0.05) is 143 Å². The van der Waals surface area contributed by atoms with Gasteiger partial charge in [0.15, 0.2) is 11.6 Å². The third-order valence-corrected chi connectivity index (χ3v) is 18.9. The fourth-order valence-electron chi connectivity index (χ4n) is 12.0. The molecule has 0 aliphatic carbocycles.